The Balaban J connectivity index is 0. The molecule has 0 aromatic carbocycles. The van der Waals surface area contributed by atoms with Crippen molar-refractivity contribution in [1.29, 1.82) is 0 Å². The zero-order valence-electron chi connectivity index (χ0n) is 7.75. The highest BCUT2D eigenvalue weighted by atomic mass is 35.5. The molecule has 4 heteroatoms. The molecule has 0 aromatic heterocycles. The molecule has 1 unspecified atom stereocenters. The molecule has 0 aliphatic carbocycles. The molecule has 76 valence electrons. The molecule has 0 bridgehead atoms. The van der Waals surface area contributed by atoms with Gasteiger partial charge in [0.1, 0.15) is 0 Å². The lowest BCUT2D eigenvalue weighted by Crippen LogP contribution is -2.47. The van der Waals surface area contributed by atoms with Crippen LogP contribution in [0, 0.1) is 0 Å². The van der Waals surface area contributed by atoms with Crippen LogP contribution in [0.2, 0.25) is 0 Å². The van der Waals surface area contributed by atoms with E-state index in [1.165, 1.54) is 19.5 Å². The zero-order valence-corrected chi connectivity index (χ0v) is 9.38. The van der Waals surface area contributed by atoms with E-state index < -0.39 is 5.60 Å². The summed E-state index contributed by atoms with van der Waals surface area (Å²) >= 11 is 0. The predicted octanol–water partition coefficient (Wildman–Crippen LogP) is 1.70. The van der Waals surface area contributed by atoms with Gasteiger partial charge >= 0.3 is 0 Å². The maximum atomic E-state index is 9.62. The van der Waals surface area contributed by atoms with Gasteiger partial charge in [-0.05, 0) is 32.9 Å². The molecule has 1 rings (SSSR count). The molecule has 12 heavy (non-hydrogen) atoms. The number of hydrogen-bond donors (Lipinski definition) is 1. The maximum absolute atomic E-state index is 9.62. The molecule has 1 aliphatic heterocycles. The molecule has 1 fully saturated rings. The van der Waals surface area contributed by atoms with Gasteiger partial charge in [-0.25, -0.2) is 0 Å². The number of rotatable bonds is 3. The number of aliphatic hydroxyl groups is 1. The van der Waals surface area contributed by atoms with Gasteiger partial charge in [0.15, 0.2) is 0 Å². The average Bonchev–Trinajstić information content (AvgIpc) is 1.80. The van der Waals surface area contributed by atoms with Crippen LogP contribution in [-0.2, 0) is 0 Å². The first-order chi connectivity index (χ1) is 4.64. The van der Waals surface area contributed by atoms with E-state index in [1.807, 2.05) is 13.8 Å². The summed E-state index contributed by atoms with van der Waals surface area (Å²) < 4.78 is 0. The standard InChI is InChI=1S/C8H17NO.2ClH/c1-3-8(2,10)7-9-5-4-6-9;;/h10H,3-7H2,1-2H3;2*1H. The van der Waals surface area contributed by atoms with Crippen molar-refractivity contribution in [3.63, 3.8) is 0 Å². The molecule has 2 nitrogen and oxygen atoms in total. The second-order valence-electron chi connectivity index (χ2n) is 3.48. The highest BCUT2D eigenvalue weighted by Gasteiger charge is 2.24. The molecule has 1 saturated heterocycles. The van der Waals surface area contributed by atoms with Crippen LogP contribution in [0.15, 0.2) is 0 Å². The number of halogens is 2. The number of β-amino-alcohol motifs (C(OH)–C–C–N with tert-alkyl or cyclic N) is 1. The van der Waals surface area contributed by atoms with Crippen LogP contribution < -0.4 is 0 Å². The Morgan fingerprint density at radius 1 is 1.33 bits per heavy atom. The maximum Gasteiger partial charge on any atom is 0.0743 e. The van der Waals surface area contributed by atoms with E-state index in [2.05, 4.69) is 4.90 Å². The fourth-order valence-corrected chi connectivity index (χ4v) is 1.13. The summed E-state index contributed by atoms with van der Waals surface area (Å²) in [4.78, 5) is 2.30. The first-order valence-electron chi connectivity index (χ1n) is 4.09. The van der Waals surface area contributed by atoms with Crippen molar-refractivity contribution >= 4 is 24.8 Å². The third kappa shape index (κ3) is 4.51. The van der Waals surface area contributed by atoms with E-state index in [9.17, 15) is 5.11 Å². The number of hydrogen-bond acceptors (Lipinski definition) is 2. The van der Waals surface area contributed by atoms with Crippen LogP contribution in [0.5, 0.6) is 0 Å². The highest BCUT2D eigenvalue weighted by molar-refractivity contribution is 5.85. The second kappa shape index (κ2) is 6.03. The van der Waals surface area contributed by atoms with E-state index in [4.69, 9.17) is 0 Å². The van der Waals surface area contributed by atoms with Crippen molar-refractivity contribution in [3.8, 4) is 0 Å². The molecule has 1 aliphatic rings. The Morgan fingerprint density at radius 3 is 2.08 bits per heavy atom. The molecule has 0 saturated carbocycles. The van der Waals surface area contributed by atoms with E-state index in [1.54, 1.807) is 0 Å². The summed E-state index contributed by atoms with van der Waals surface area (Å²) in [6.45, 7) is 7.14. The summed E-state index contributed by atoms with van der Waals surface area (Å²) in [6.07, 6.45) is 2.16. The smallest absolute Gasteiger partial charge is 0.0743 e. The highest BCUT2D eigenvalue weighted by Crippen LogP contribution is 2.15. The topological polar surface area (TPSA) is 23.5 Å². The molecule has 1 atom stereocenters. The first kappa shape index (κ1) is 15.0. The van der Waals surface area contributed by atoms with Crippen molar-refractivity contribution in [2.75, 3.05) is 19.6 Å². The van der Waals surface area contributed by atoms with E-state index in [0.717, 1.165) is 13.0 Å². The summed E-state index contributed by atoms with van der Waals surface area (Å²) in [5.74, 6) is 0. The first-order valence-corrected chi connectivity index (χ1v) is 4.09. The van der Waals surface area contributed by atoms with Gasteiger partial charge < -0.3 is 10.0 Å². The van der Waals surface area contributed by atoms with E-state index in [-0.39, 0.29) is 24.8 Å². The van der Waals surface area contributed by atoms with E-state index >= 15 is 0 Å². The van der Waals surface area contributed by atoms with Crippen LogP contribution in [0.4, 0.5) is 0 Å². The number of likely N-dealkylation sites (tertiary alicyclic amines) is 1. The van der Waals surface area contributed by atoms with Crippen molar-refractivity contribution in [3.05, 3.63) is 0 Å². The van der Waals surface area contributed by atoms with Crippen LogP contribution >= 0.6 is 24.8 Å². The van der Waals surface area contributed by atoms with Gasteiger partial charge in [0, 0.05) is 6.54 Å². The SMILES string of the molecule is CCC(C)(O)CN1CCC1.Cl.Cl. The van der Waals surface area contributed by atoms with Gasteiger partial charge in [0.2, 0.25) is 0 Å². The molecule has 0 spiro atoms. The lowest BCUT2D eigenvalue weighted by atomic mass is 10.0. The van der Waals surface area contributed by atoms with E-state index in [0.29, 0.717) is 0 Å². The van der Waals surface area contributed by atoms with Crippen LogP contribution in [0.3, 0.4) is 0 Å². The zero-order chi connectivity index (χ0) is 7.61. The largest absolute Gasteiger partial charge is 0.389 e. The Kier molecular flexibility index (Phi) is 7.54. The Bertz CT molecular complexity index is 116. The summed E-state index contributed by atoms with van der Waals surface area (Å²) in [7, 11) is 0. The van der Waals surface area contributed by atoms with Crippen LogP contribution in [-0.4, -0.2) is 35.2 Å². The predicted molar refractivity (Wildman–Crippen MR) is 56.5 cm³/mol. The Hall–Kier alpha value is 0.500. The molecule has 0 radical (unpaired) electrons. The minimum Gasteiger partial charge on any atom is -0.389 e. The van der Waals surface area contributed by atoms with Crippen molar-refractivity contribution in [2.24, 2.45) is 0 Å². The molecule has 1 N–H and O–H groups in total. The molecular weight excluding hydrogens is 197 g/mol. The van der Waals surface area contributed by atoms with Gasteiger partial charge in [0.25, 0.3) is 0 Å². The van der Waals surface area contributed by atoms with Gasteiger partial charge in [-0.1, -0.05) is 6.92 Å². The molecule has 0 aromatic rings. The molecule has 0 amide bonds. The third-order valence-corrected chi connectivity index (χ3v) is 2.27. The van der Waals surface area contributed by atoms with Gasteiger partial charge in [-0.2, -0.15) is 0 Å². The number of nitrogens with zero attached hydrogens (tertiary/aromatic N) is 1. The summed E-state index contributed by atoms with van der Waals surface area (Å²) in [5.41, 5.74) is -0.458. The van der Waals surface area contributed by atoms with Crippen molar-refractivity contribution < 1.29 is 5.11 Å². The van der Waals surface area contributed by atoms with Gasteiger partial charge in [-0.15, -0.1) is 24.8 Å². The monoisotopic (exact) mass is 215 g/mol. The Labute approximate surface area is 87.1 Å². The van der Waals surface area contributed by atoms with Gasteiger partial charge in [0.05, 0.1) is 5.60 Å². The lowest BCUT2D eigenvalue weighted by molar-refractivity contribution is -0.00163. The molecule has 1 heterocycles. The normalized spacial score (nSPS) is 21.2. The second-order valence-corrected chi connectivity index (χ2v) is 3.48. The molecular formula is C8H19Cl2NO. The average molecular weight is 216 g/mol. The third-order valence-electron chi connectivity index (χ3n) is 2.27. The van der Waals surface area contributed by atoms with Crippen LogP contribution in [0.25, 0.3) is 0 Å². The summed E-state index contributed by atoms with van der Waals surface area (Å²) in [5, 5.41) is 9.62. The fraction of sp³-hybridized carbons (Fsp3) is 1.00. The van der Waals surface area contributed by atoms with Crippen LogP contribution in [0.1, 0.15) is 26.7 Å². The minimum absolute atomic E-state index is 0. The quantitative estimate of drug-likeness (QED) is 0.776. The fourth-order valence-electron chi connectivity index (χ4n) is 1.13. The van der Waals surface area contributed by atoms with Crippen molar-refractivity contribution in [2.45, 2.75) is 32.3 Å². The minimum atomic E-state index is -0.458. The van der Waals surface area contributed by atoms with Gasteiger partial charge in [-0.3, -0.25) is 0 Å². The Morgan fingerprint density at radius 2 is 1.83 bits per heavy atom. The van der Waals surface area contributed by atoms with Crippen molar-refractivity contribution in [1.82, 2.24) is 4.90 Å². The lowest BCUT2D eigenvalue weighted by Gasteiger charge is -2.36. The summed E-state index contributed by atoms with van der Waals surface area (Å²) in [6, 6.07) is 0.